The number of fused-ring (bicyclic) bond motifs is 3. The molecule has 0 aliphatic rings. The fraction of sp³-hybridized carbons (Fsp3) is 0. The Labute approximate surface area is 87.8 Å². The van der Waals surface area contributed by atoms with Gasteiger partial charge in [-0.05, 0) is 11.5 Å². The predicted octanol–water partition coefficient (Wildman–Crippen LogP) is 3.14. The summed E-state index contributed by atoms with van der Waals surface area (Å²) < 4.78 is 6.11. The quantitative estimate of drug-likeness (QED) is 0.614. The third-order valence-electron chi connectivity index (χ3n) is 2.21. The van der Waals surface area contributed by atoms with Crippen LogP contribution in [0.3, 0.4) is 0 Å². The highest BCUT2D eigenvalue weighted by atomic mass is 79.9. The van der Waals surface area contributed by atoms with Gasteiger partial charge in [-0.15, -0.1) is 5.10 Å². The molecule has 0 atom stereocenters. The van der Waals surface area contributed by atoms with Crippen molar-refractivity contribution in [2.75, 3.05) is 0 Å². The molecule has 0 bridgehead atoms. The van der Waals surface area contributed by atoms with Crippen LogP contribution in [0, 0.1) is 0 Å². The van der Waals surface area contributed by atoms with Gasteiger partial charge in [-0.3, -0.25) is 0 Å². The maximum Gasteiger partial charge on any atom is 0.195 e. The summed E-state index contributed by atoms with van der Waals surface area (Å²) in [5.74, 6) is 0. The summed E-state index contributed by atoms with van der Waals surface area (Å²) in [4.78, 5) is 0. The minimum Gasteiger partial charge on any atom is -0.336 e. The molecule has 68 valence electrons. The van der Waals surface area contributed by atoms with Crippen molar-refractivity contribution in [3.05, 3.63) is 34.8 Å². The minimum absolute atomic E-state index is 0.740. The van der Waals surface area contributed by atoms with Crippen LogP contribution in [-0.2, 0) is 0 Å². The lowest BCUT2D eigenvalue weighted by Crippen LogP contribution is -1.76. The molecular weight excluding hydrogens is 244 g/mol. The van der Waals surface area contributed by atoms with E-state index in [1.54, 1.807) is 0 Å². The molecule has 1 heterocycles. The molecule has 0 N–H and O–H groups in total. The van der Waals surface area contributed by atoms with Crippen LogP contribution in [-0.4, -0.2) is 10.4 Å². The van der Waals surface area contributed by atoms with E-state index in [-0.39, 0.29) is 0 Å². The second-order valence-electron chi connectivity index (χ2n) is 3.03. The fourth-order valence-electron chi connectivity index (χ4n) is 1.57. The molecule has 0 unspecified atom stereocenters. The molecule has 0 aliphatic heterocycles. The van der Waals surface area contributed by atoms with Gasteiger partial charge in [0.2, 0.25) is 0 Å². The molecule has 1 aromatic heterocycles. The van der Waals surface area contributed by atoms with Crippen LogP contribution in [0.5, 0.6) is 0 Å². The second kappa shape index (κ2) is 2.78. The third-order valence-corrected chi connectivity index (χ3v) is 2.86. The summed E-state index contributed by atoms with van der Waals surface area (Å²) >= 11 is 3.49. The van der Waals surface area contributed by atoms with Crippen molar-refractivity contribution in [1.82, 2.24) is 10.4 Å². The van der Waals surface area contributed by atoms with Gasteiger partial charge in [-0.1, -0.05) is 40.2 Å². The zero-order valence-electron chi connectivity index (χ0n) is 7.07. The van der Waals surface area contributed by atoms with E-state index in [9.17, 15) is 0 Å². The predicted molar refractivity (Wildman–Crippen MR) is 57.0 cm³/mol. The van der Waals surface area contributed by atoms with E-state index in [4.69, 9.17) is 4.52 Å². The van der Waals surface area contributed by atoms with E-state index >= 15 is 0 Å². The van der Waals surface area contributed by atoms with E-state index in [0.717, 1.165) is 26.3 Å². The summed E-state index contributed by atoms with van der Waals surface area (Å²) in [5, 5.41) is 9.57. The first-order valence-electron chi connectivity index (χ1n) is 4.15. The molecule has 4 heteroatoms. The highest BCUT2D eigenvalue weighted by molar-refractivity contribution is 9.10. The Balaban J connectivity index is 2.67. The molecule has 0 saturated carbocycles. The SMILES string of the molecule is Brc1cc2nnoc2c2ccccc12. The Bertz CT molecular complexity index is 618. The molecule has 3 aromatic rings. The summed E-state index contributed by atoms with van der Waals surface area (Å²) in [7, 11) is 0. The summed E-state index contributed by atoms with van der Waals surface area (Å²) in [6, 6.07) is 9.89. The van der Waals surface area contributed by atoms with Gasteiger partial charge in [-0.2, -0.15) is 0 Å². The molecule has 0 amide bonds. The number of nitrogens with zero attached hydrogens (tertiary/aromatic N) is 2. The Kier molecular flexibility index (Phi) is 1.58. The molecule has 0 aliphatic carbocycles. The summed E-state index contributed by atoms with van der Waals surface area (Å²) in [5.41, 5.74) is 1.51. The molecule has 3 rings (SSSR count). The van der Waals surface area contributed by atoms with Crippen LogP contribution in [0.25, 0.3) is 21.9 Å². The van der Waals surface area contributed by atoms with Gasteiger partial charge in [0.1, 0.15) is 5.52 Å². The van der Waals surface area contributed by atoms with Crippen molar-refractivity contribution in [2.24, 2.45) is 0 Å². The van der Waals surface area contributed by atoms with Crippen molar-refractivity contribution < 1.29 is 4.52 Å². The summed E-state index contributed by atoms with van der Waals surface area (Å²) in [6.45, 7) is 0. The zero-order valence-corrected chi connectivity index (χ0v) is 8.65. The Morgan fingerprint density at radius 3 is 2.79 bits per heavy atom. The number of hydrogen-bond donors (Lipinski definition) is 0. The molecule has 0 fully saturated rings. The van der Waals surface area contributed by atoms with E-state index < -0.39 is 0 Å². The van der Waals surface area contributed by atoms with Crippen LogP contribution >= 0.6 is 15.9 Å². The second-order valence-corrected chi connectivity index (χ2v) is 3.88. The van der Waals surface area contributed by atoms with Crippen LogP contribution in [0.2, 0.25) is 0 Å². The normalized spacial score (nSPS) is 11.2. The Morgan fingerprint density at radius 2 is 1.93 bits per heavy atom. The largest absolute Gasteiger partial charge is 0.336 e. The first kappa shape index (κ1) is 7.94. The van der Waals surface area contributed by atoms with Gasteiger partial charge >= 0.3 is 0 Å². The minimum atomic E-state index is 0.740. The van der Waals surface area contributed by atoms with Gasteiger partial charge in [0, 0.05) is 15.1 Å². The molecule has 0 radical (unpaired) electrons. The van der Waals surface area contributed by atoms with Gasteiger partial charge < -0.3 is 4.52 Å². The van der Waals surface area contributed by atoms with Gasteiger partial charge in [0.15, 0.2) is 5.58 Å². The molecule has 2 aromatic carbocycles. The number of rotatable bonds is 0. The van der Waals surface area contributed by atoms with Crippen molar-refractivity contribution in [2.45, 2.75) is 0 Å². The highest BCUT2D eigenvalue weighted by Crippen LogP contribution is 2.30. The summed E-state index contributed by atoms with van der Waals surface area (Å²) in [6.07, 6.45) is 0. The smallest absolute Gasteiger partial charge is 0.195 e. The first-order chi connectivity index (χ1) is 6.86. The van der Waals surface area contributed by atoms with E-state index in [1.165, 1.54) is 0 Å². The average Bonchev–Trinajstić information content (AvgIpc) is 2.66. The first-order valence-corrected chi connectivity index (χ1v) is 4.95. The van der Waals surface area contributed by atoms with E-state index in [1.807, 2.05) is 30.3 Å². The monoisotopic (exact) mass is 248 g/mol. The number of aromatic nitrogens is 2. The third kappa shape index (κ3) is 0.974. The van der Waals surface area contributed by atoms with E-state index in [0.29, 0.717) is 0 Å². The number of hydrogen-bond acceptors (Lipinski definition) is 3. The molecule has 3 nitrogen and oxygen atoms in total. The van der Waals surface area contributed by atoms with Crippen LogP contribution in [0.15, 0.2) is 39.3 Å². The topological polar surface area (TPSA) is 38.9 Å². The van der Waals surface area contributed by atoms with Crippen molar-refractivity contribution in [1.29, 1.82) is 0 Å². The molecular formula is C10H5BrN2O. The lowest BCUT2D eigenvalue weighted by atomic mass is 10.1. The van der Waals surface area contributed by atoms with E-state index in [2.05, 4.69) is 26.3 Å². The standard InChI is InChI=1S/C10H5BrN2O/c11-8-5-9-10(14-13-12-9)7-4-2-1-3-6(7)8/h1-5H. The molecule has 0 saturated heterocycles. The van der Waals surface area contributed by atoms with Crippen molar-refractivity contribution in [3.8, 4) is 0 Å². The lowest BCUT2D eigenvalue weighted by molar-refractivity contribution is 0.426. The Morgan fingerprint density at radius 1 is 1.14 bits per heavy atom. The molecule has 0 spiro atoms. The number of benzene rings is 2. The average molecular weight is 249 g/mol. The van der Waals surface area contributed by atoms with Crippen LogP contribution in [0.4, 0.5) is 0 Å². The fourth-order valence-corrected chi connectivity index (χ4v) is 2.13. The maximum absolute atomic E-state index is 5.10. The Hall–Kier alpha value is -1.42. The maximum atomic E-state index is 5.10. The lowest BCUT2D eigenvalue weighted by Gasteiger charge is -1.98. The highest BCUT2D eigenvalue weighted by Gasteiger charge is 2.08. The van der Waals surface area contributed by atoms with Gasteiger partial charge in [0.25, 0.3) is 0 Å². The number of halogens is 1. The van der Waals surface area contributed by atoms with Gasteiger partial charge in [0.05, 0.1) is 0 Å². The van der Waals surface area contributed by atoms with Crippen molar-refractivity contribution >= 4 is 37.8 Å². The molecule has 14 heavy (non-hydrogen) atoms. The zero-order chi connectivity index (χ0) is 9.54. The van der Waals surface area contributed by atoms with Crippen LogP contribution < -0.4 is 0 Å². The van der Waals surface area contributed by atoms with Crippen LogP contribution in [0.1, 0.15) is 0 Å². The van der Waals surface area contributed by atoms with Crippen molar-refractivity contribution in [3.63, 3.8) is 0 Å². The van der Waals surface area contributed by atoms with Gasteiger partial charge in [-0.25, -0.2) is 0 Å².